The van der Waals surface area contributed by atoms with Crippen LogP contribution in [-0.2, 0) is 4.79 Å². The highest BCUT2D eigenvalue weighted by Crippen LogP contribution is 2.24. The van der Waals surface area contributed by atoms with Crippen molar-refractivity contribution in [2.24, 2.45) is 5.10 Å². The lowest BCUT2D eigenvalue weighted by atomic mass is 10.1. The van der Waals surface area contributed by atoms with Crippen LogP contribution in [0.4, 0.5) is 0 Å². The molecule has 0 heterocycles. The molecule has 0 spiro atoms. The second-order valence-corrected chi connectivity index (χ2v) is 5.55. The summed E-state index contributed by atoms with van der Waals surface area (Å²) in [6.07, 6.45) is 0. The molecule has 3 aromatic rings. The molecule has 0 aliphatic heterocycles. The molecule has 0 saturated heterocycles. The van der Waals surface area contributed by atoms with Crippen molar-refractivity contribution in [3.63, 3.8) is 0 Å². The number of hydrogen-bond donors (Lipinski definition) is 2. The van der Waals surface area contributed by atoms with Gasteiger partial charge in [-0.2, -0.15) is 5.10 Å². The molecule has 0 radical (unpaired) electrons. The Morgan fingerprint density at radius 3 is 2.56 bits per heavy atom. The molecule has 0 unspecified atom stereocenters. The van der Waals surface area contributed by atoms with E-state index in [1.54, 1.807) is 31.2 Å². The first-order valence-electron chi connectivity index (χ1n) is 7.86. The van der Waals surface area contributed by atoms with E-state index in [-0.39, 0.29) is 18.3 Å². The van der Waals surface area contributed by atoms with Crippen LogP contribution in [0.3, 0.4) is 0 Å². The van der Waals surface area contributed by atoms with E-state index in [9.17, 15) is 9.90 Å². The second kappa shape index (κ2) is 7.49. The number of carbonyl (C=O) groups excluding carboxylic acids is 1. The van der Waals surface area contributed by atoms with Gasteiger partial charge < -0.3 is 9.84 Å². The molecule has 0 fully saturated rings. The fourth-order valence-electron chi connectivity index (χ4n) is 2.41. The lowest BCUT2D eigenvalue weighted by molar-refractivity contribution is -0.123. The van der Waals surface area contributed by atoms with Crippen molar-refractivity contribution in [3.05, 3.63) is 72.3 Å². The Kier molecular flexibility index (Phi) is 4.95. The number of phenols is 1. The van der Waals surface area contributed by atoms with Gasteiger partial charge in [0.1, 0.15) is 11.5 Å². The van der Waals surface area contributed by atoms with E-state index in [1.807, 2.05) is 42.5 Å². The maximum absolute atomic E-state index is 12.0. The lowest BCUT2D eigenvalue weighted by Crippen LogP contribution is -2.25. The summed E-state index contributed by atoms with van der Waals surface area (Å²) in [7, 11) is 0. The van der Waals surface area contributed by atoms with Crippen molar-refractivity contribution in [2.75, 3.05) is 6.61 Å². The maximum Gasteiger partial charge on any atom is 0.277 e. The third kappa shape index (κ3) is 4.14. The summed E-state index contributed by atoms with van der Waals surface area (Å²) in [6, 6.07) is 20.2. The molecule has 0 saturated carbocycles. The van der Waals surface area contributed by atoms with Gasteiger partial charge in [0.05, 0.1) is 5.71 Å². The molecule has 0 aliphatic carbocycles. The van der Waals surface area contributed by atoms with Crippen LogP contribution in [0.5, 0.6) is 11.5 Å². The van der Waals surface area contributed by atoms with Crippen molar-refractivity contribution in [2.45, 2.75) is 6.92 Å². The molecule has 3 aromatic carbocycles. The summed E-state index contributed by atoms with van der Waals surface area (Å²) < 4.78 is 5.62. The van der Waals surface area contributed by atoms with E-state index >= 15 is 0 Å². The predicted molar refractivity (Wildman–Crippen MR) is 97.9 cm³/mol. The molecular formula is C20H18N2O3. The summed E-state index contributed by atoms with van der Waals surface area (Å²) in [6.45, 7) is 1.65. The van der Waals surface area contributed by atoms with Crippen molar-refractivity contribution in [3.8, 4) is 11.5 Å². The summed E-state index contributed by atoms with van der Waals surface area (Å²) in [5, 5.41) is 15.4. The van der Waals surface area contributed by atoms with Gasteiger partial charge in [-0.25, -0.2) is 5.43 Å². The third-order valence-electron chi connectivity index (χ3n) is 3.74. The number of nitrogens with zero attached hydrogens (tertiary/aromatic N) is 1. The van der Waals surface area contributed by atoms with E-state index in [2.05, 4.69) is 10.5 Å². The van der Waals surface area contributed by atoms with Crippen molar-refractivity contribution < 1.29 is 14.6 Å². The first-order chi connectivity index (χ1) is 12.1. The number of phenolic OH excluding ortho intramolecular Hbond substituents is 1. The molecule has 1 amide bonds. The van der Waals surface area contributed by atoms with Gasteiger partial charge in [-0.15, -0.1) is 0 Å². The molecule has 2 N–H and O–H groups in total. The Hall–Kier alpha value is -3.34. The minimum atomic E-state index is -0.342. The minimum Gasteiger partial charge on any atom is -0.508 e. The predicted octanol–water partition coefficient (Wildman–Crippen LogP) is 3.46. The van der Waals surface area contributed by atoms with Crippen LogP contribution < -0.4 is 10.2 Å². The SMILES string of the molecule is C/C(=N\NC(=O)COc1cccc2ccccc12)c1ccc(O)cc1. The number of benzene rings is 3. The Labute approximate surface area is 145 Å². The molecule has 126 valence electrons. The van der Waals surface area contributed by atoms with Crippen LogP contribution in [0.2, 0.25) is 0 Å². The van der Waals surface area contributed by atoms with E-state index < -0.39 is 0 Å². The lowest BCUT2D eigenvalue weighted by Gasteiger charge is -2.08. The van der Waals surface area contributed by atoms with Crippen molar-refractivity contribution in [1.29, 1.82) is 0 Å². The van der Waals surface area contributed by atoms with Gasteiger partial charge in [-0.3, -0.25) is 4.79 Å². The topological polar surface area (TPSA) is 70.9 Å². The zero-order valence-corrected chi connectivity index (χ0v) is 13.8. The quantitative estimate of drug-likeness (QED) is 0.554. The number of fused-ring (bicyclic) bond motifs is 1. The van der Waals surface area contributed by atoms with Crippen LogP contribution in [0.1, 0.15) is 12.5 Å². The van der Waals surface area contributed by atoms with Crippen LogP contribution in [0.25, 0.3) is 10.8 Å². The first kappa shape index (κ1) is 16.5. The molecule has 25 heavy (non-hydrogen) atoms. The Morgan fingerprint density at radius 1 is 1.04 bits per heavy atom. The zero-order chi connectivity index (χ0) is 17.6. The first-order valence-corrected chi connectivity index (χ1v) is 7.86. The summed E-state index contributed by atoms with van der Waals surface area (Å²) in [5.41, 5.74) is 3.93. The van der Waals surface area contributed by atoms with Gasteiger partial charge in [0.25, 0.3) is 5.91 Å². The number of aromatic hydroxyl groups is 1. The molecule has 3 rings (SSSR count). The van der Waals surface area contributed by atoms with Crippen LogP contribution >= 0.6 is 0 Å². The monoisotopic (exact) mass is 334 g/mol. The van der Waals surface area contributed by atoms with Gasteiger partial charge in [-0.1, -0.05) is 36.4 Å². The van der Waals surface area contributed by atoms with Gasteiger partial charge >= 0.3 is 0 Å². The van der Waals surface area contributed by atoms with Crippen molar-refractivity contribution in [1.82, 2.24) is 5.43 Å². The molecule has 0 aromatic heterocycles. The second-order valence-electron chi connectivity index (χ2n) is 5.55. The van der Waals surface area contributed by atoms with Crippen molar-refractivity contribution >= 4 is 22.4 Å². The molecule has 0 bridgehead atoms. The minimum absolute atomic E-state index is 0.125. The Balaban J connectivity index is 1.61. The average Bonchev–Trinajstić information content (AvgIpc) is 2.65. The molecule has 0 atom stereocenters. The number of nitrogens with one attached hydrogen (secondary N) is 1. The van der Waals surface area contributed by atoms with E-state index in [0.29, 0.717) is 11.5 Å². The highest BCUT2D eigenvalue weighted by molar-refractivity contribution is 5.99. The number of hydrazone groups is 1. The van der Waals surface area contributed by atoms with E-state index in [1.165, 1.54) is 0 Å². The normalized spacial score (nSPS) is 11.3. The summed E-state index contributed by atoms with van der Waals surface area (Å²) in [4.78, 5) is 12.0. The van der Waals surface area contributed by atoms with Gasteiger partial charge in [-0.05, 0) is 48.2 Å². The zero-order valence-electron chi connectivity index (χ0n) is 13.8. The van der Waals surface area contributed by atoms with Crippen LogP contribution in [0, 0.1) is 0 Å². The number of ether oxygens (including phenoxy) is 1. The Bertz CT molecular complexity index is 912. The van der Waals surface area contributed by atoms with Gasteiger partial charge in [0.15, 0.2) is 6.61 Å². The molecular weight excluding hydrogens is 316 g/mol. The van der Waals surface area contributed by atoms with E-state index in [4.69, 9.17) is 4.74 Å². The van der Waals surface area contributed by atoms with Gasteiger partial charge in [0.2, 0.25) is 0 Å². The molecule has 5 heteroatoms. The van der Waals surface area contributed by atoms with Crippen LogP contribution in [0.15, 0.2) is 71.8 Å². The average molecular weight is 334 g/mol. The summed E-state index contributed by atoms with van der Waals surface area (Å²) >= 11 is 0. The maximum atomic E-state index is 12.0. The largest absolute Gasteiger partial charge is 0.508 e. The van der Waals surface area contributed by atoms with Crippen LogP contribution in [-0.4, -0.2) is 23.3 Å². The highest BCUT2D eigenvalue weighted by Gasteiger charge is 2.06. The number of hydrogen-bond acceptors (Lipinski definition) is 4. The number of carbonyl (C=O) groups is 1. The highest BCUT2D eigenvalue weighted by atomic mass is 16.5. The van der Waals surface area contributed by atoms with Gasteiger partial charge in [0, 0.05) is 5.39 Å². The third-order valence-corrected chi connectivity index (χ3v) is 3.74. The smallest absolute Gasteiger partial charge is 0.277 e. The molecule has 0 aliphatic rings. The molecule has 5 nitrogen and oxygen atoms in total. The number of amides is 1. The Morgan fingerprint density at radius 2 is 1.76 bits per heavy atom. The summed E-state index contributed by atoms with van der Waals surface area (Å²) in [5.74, 6) is 0.502. The van der Waals surface area contributed by atoms with E-state index in [0.717, 1.165) is 16.3 Å². The number of rotatable bonds is 5. The fraction of sp³-hybridized carbons (Fsp3) is 0.100. The fourth-order valence-corrected chi connectivity index (χ4v) is 2.41. The standard InChI is InChI=1S/C20H18N2O3/c1-14(15-9-11-17(23)12-10-15)21-22-20(24)13-25-19-8-4-6-16-5-2-3-7-18(16)19/h2-12,23H,13H2,1H3,(H,22,24)/b21-14+.